The zero-order valence-electron chi connectivity index (χ0n) is 9.16. The molecule has 84 valence electrons. The summed E-state index contributed by atoms with van der Waals surface area (Å²) in [5.41, 5.74) is 2.40. The summed E-state index contributed by atoms with van der Waals surface area (Å²) in [4.78, 5) is 16.2. The van der Waals surface area contributed by atoms with Crippen molar-refractivity contribution < 1.29 is 14.0 Å². The summed E-state index contributed by atoms with van der Waals surface area (Å²) in [5.74, 6) is 1.11. The van der Waals surface area contributed by atoms with Gasteiger partial charge in [-0.05, 0) is 18.1 Å². The molecule has 1 aromatic rings. The minimum atomic E-state index is -0.118. The number of nitrogens with one attached hydrogen (secondary N) is 1. The molecule has 0 fully saturated rings. The van der Waals surface area contributed by atoms with Gasteiger partial charge < -0.3 is 4.42 Å². The highest BCUT2D eigenvalue weighted by atomic mass is 16.6. The van der Waals surface area contributed by atoms with Crippen LogP contribution in [-0.2, 0) is 16.1 Å². The number of hydrogen-bond acceptors (Lipinski definition) is 3. The fourth-order valence-electron chi connectivity index (χ4n) is 1.03. The van der Waals surface area contributed by atoms with Gasteiger partial charge in [-0.1, -0.05) is 13.8 Å². The van der Waals surface area contributed by atoms with Crippen LogP contribution in [0.25, 0.3) is 0 Å². The Morgan fingerprint density at radius 3 is 3.00 bits per heavy atom. The molecule has 0 aromatic carbocycles. The summed E-state index contributed by atoms with van der Waals surface area (Å²) in [6.45, 7) is 4.58. The molecule has 1 rings (SSSR count). The molecule has 0 atom stereocenters. The van der Waals surface area contributed by atoms with Crippen molar-refractivity contribution in [2.45, 2.75) is 26.7 Å². The van der Waals surface area contributed by atoms with Crippen molar-refractivity contribution in [1.82, 2.24) is 5.48 Å². The molecule has 1 amide bonds. The summed E-state index contributed by atoms with van der Waals surface area (Å²) in [7, 11) is 0. The first-order valence-electron chi connectivity index (χ1n) is 5.11. The molecule has 0 radical (unpaired) electrons. The third kappa shape index (κ3) is 5.22. The molecule has 4 nitrogen and oxygen atoms in total. The van der Waals surface area contributed by atoms with E-state index in [-0.39, 0.29) is 5.91 Å². The Kier molecular flexibility index (Phi) is 4.90. The maximum Gasteiger partial charge on any atom is 0.243 e. The van der Waals surface area contributed by atoms with Crippen LogP contribution in [0.2, 0.25) is 0 Å². The largest absolute Gasteiger partial charge is 0.469 e. The molecule has 0 saturated heterocycles. The van der Waals surface area contributed by atoms with Gasteiger partial charge in [-0.2, -0.15) is 0 Å². The van der Waals surface area contributed by atoms with Gasteiger partial charge in [0.05, 0.1) is 12.9 Å². The van der Waals surface area contributed by atoms with Crippen molar-refractivity contribution in [3.05, 3.63) is 24.2 Å². The zero-order chi connectivity index (χ0) is 11.1. The van der Waals surface area contributed by atoms with Gasteiger partial charge in [0, 0.05) is 12.8 Å². The first-order valence-corrected chi connectivity index (χ1v) is 5.11. The molecule has 0 aliphatic heterocycles. The van der Waals surface area contributed by atoms with Crippen LogP contribution in [0.15, 0.2) is 22.8 Å². The van der Waals surface area contributed by atoms with Gasteiger partial charge in [0.25, 0.3) is 0 Å². The van der Waals surface area contributed by atoms with Crippen LogP contribution >= 0.6 is 0 Å². The van der Waals surface area contributed by atoms with Crippen molar-refractivity contribution in [2.24, 2.45) is 5.92 Å². The summed E-state index contributed by atoms with van der Waals surface area (Å²) >= 11 is 0. The van der Waals surface area contributed by atoms with E-state index in [2.05, 4.69) is 5.48 Å². The second-order valence-electron chi connectivity index (χ2n) is 3.81. The molecule has 0 saturated carbocycles. The molecular formula is C11H17NO3. The number of hydroxylamine groups is 1. The maximum atomic E-state index is 11.2. The summed E-state index contributed by atoms with van der Waals surface area (Å²) < 4.78 is 5.11. The normalized spacial score (nSPS) is 10.6. The number of carbonyl (C=O) groups excluding carboxylic acids is 1. The van der Waals surface area contributed by atoms with E-state index >= 15 is 0 Å². The first kappa shape index (κ1) is 11.8. The predicted molar refractivity (Wildman–Crippen MR) is 56.0 cm³/mol. The van der Waals surface area contributed by atoms with Crippen molar-refractivity contribution in [3.63, 3.8) is 0 Å². The minimum absolute atomic E-state index is 0.118. The average Bonchev–Trinajstić information content (AvgIpc) is 2.66. The van der Waals surface area contributed by atoms with E-state index in [9.17, 15) is 4.79 Å². The lowest BCUT2D eigenvalue weighted by atomic mass is 10.2. The van der Waals surface area contributed by atoms with Gasteiger partial charge in [-0.25, -0.2) is 5.48 Å². The van der Waals surface area contributed by atoms with Crippen LogP contribution in [0.5, 0.6) is 0 Å². The van der Waals surface area contributed by atoms with E-state index in [1.165, 1.54) is 0 Å². The molecule has 0 bridgehead atoms. The van der Waals surface area contributed by atoms with Gasteiger partial charge in [-0.15, -0.1) is 0 Å². The molecule has 0 aliphatic carbocycles. The van der Waals surface area contributed by atoms with Gasteiger partial charge in [0.15, 0.2) is 0 Å². The molecule has 0 unspecified atom stereocenters. The molecule has 4 heteroatoms. The predicted octanol–water partition coefficient (Wildman–Crippen LogP) is 1.92. The quantitative estimate of drug-likeness (QED) is 0.731. The fraction of sp³-hybridized carbons (Fsp3) is 0.545. The van der Waals surface area contributed by atoms with E-state index in [1.54, 1.807) is 6.26 Å². The second-order valence-corrected chi connectivity index (χ2v) is 3.81. The maximum absolute atomic E-state index is 11.2. The molecule has 0 aliphatic rings. The average molecular weight is 211 g/mol. The Morgan fingerprint density at radius 2 is 2.40 bits per heavy atom. The van der Waals surface area contributed by atoms with E-state index in [4.69, 9.17) is 9.25 Å². The van der Waals surface area contributed by atoms with Crippen LogP contribution < -0.4 is 5.48 Å². The lowest BCUT2D eigenvalue weighted by molar-refractivity contribution is -0.134. The Balaban J connectivity index is 2.09. The Morgan fingerprint density at radius 1 is 1.60 bits per heavy atom. The molecule has 0 spiro atoms. The van der Waals surface area contributed by atoms with E-state index < -0.39 is 0 Å². The Labute approximate surface area is 89.6 Å². The Bertz CT molecular complexity index is 280. The highest BCUT2D eigenvalue weighted by Crippen LogP contribution is 2.03. The van der Waals surface area contributed by atoms with Crippen molar-refractivity contribution >= 4 is 5.91 Å². The van der Waals surface area contributed by atoms with Gasteiger partial charge in [0.1, 0.15) is 5.76 Å². The fourth-order valence-corrected chi connectivity index (χ4v) is 1.03. The third-order valence-electron chi connectivity index (χ3n) is 1.78. The van der Waals surface area contributed by atoms with Crippen molar-refractivity contribution in [2.75, 3.05) is 6.61 Å². The summed E-state index contributed by atoms with van der Waals surface area (Å²) in [5, 5.41) is 0. The topological polar surface area (TPSA) is 51.5 Å². The van der Waals surface area contributed by atoms with E-state index in [1.807, 2.05) is 26.0 Å². The van der Waals surface area contributed by atoms with Gasteiger partial charge in [-0.3, -0.25) is 9.63 Å². The number of amides is 1. The van der Waals surface area contributed by atoms with E-state index in [0.717, 1.165) is 5.76 Å². The van der Waals surface area contributed by atoms with Gasteiger partial charge >= 0.3 is 0 Å². The molecule has 1 N–H and O–H groups in total. The number of furan rings is 1. The van der Waals surface area contributed by atoms with Crippen LogP contribution in [0.4, 0.5) is 0 Å². The van der Waals surface area contributed by atoms with Crippen LogP contribution in [-0.4, -0.2) is 12.5 Å². The highest BCUT2D eigenvalue weighted by Gasteiger charge is 2.04. The third-order valence-corrected chi connectivity index (χ3v) is 1.78. The van der Waals surface area contributed by atoms with Crippen molar-refractivity contribution in [1.29, 1.82) is 0 Å². The SMILES string of the molecule is CC(C)CONC(=O)CCc1ccco1. The molecular weight excluding hydrogens is 194 g/mol. The van der Waals surface area contributed by atoms with Crippen LogP contribution in [0.1, 0.15) is 26.0 Å². The highest BCUT2D eigenvalue weighted by molar-refractivity contribution is 5.74. The molecule has 15 heavy (non-hydrogen) atoms. The second kappa shape index (κ2) is 6.24. The zero-order valence-corrected chi connectivity index (χ0v) is 9.16. The number of carbonyl (C=O) groups is 1. The number of hydrogen-bond donors (Lipinski definition) is 1. The smallest absolute Gasteiger partial charge is 0.243 e. The van der Waals surface area contributed by atoms with Crippen LogP contribution in [0.3, 0.4) is 0 Å². The van der Waals surface area contributed by atoms with Gasteiger partial charge in [0.2, 0.25) is 5.91 Å². The number of aryl methyl sites for hydroxylation is 1. The lowest BCUT2D eigenvalue weighted by Gasteiger charge is -2.06. The van der Waals surface area contributed by atoms with E-state index in [0.29, 0.717) is 25.4 Å². The summed E-state index contributed by atoms with van der Waals surface area (Å²) in [6.07, 6.45) is 2.58. The lowest BCUT2D eigenvalue weighted by Crippen LogP contribution is -2.25. The standard InChI is InChI=1S/C11H17NO3/c1-9(2)8-15-12-11(13)6-5-10-4-3-7-14-10/h3-4,7,9H,5-6,8H2,1-2H3,(H,12,13). The number of rotatable bonds is 6. The minimum Gasteiger partial charge on any atom is -0.469 e. The summed E-state index contributed by atoms with van der Waals surface area (Å²) in [6, 6.07) is 3.66. The monoisotopic (exact) mass is 211 g/mol. The Hall–Kier alpha value is -1.29. The first-order chi connectivity index (χ1) is 7.18. The van der Waals surface area contributed by atoms with Crippen molar-refractivity contribution in [3.8, 4) is 0 Å². The molecule has 1 heterocycles. The molecule has 1 aromatic heterocycles. The van der Waals surface area contributed by atoms with Crippen LogP contribution in [0, 0.1) is 5.92 Å².